The van der Waals surface area contributed by atoms with Crippen molar-refractivity contribution >= 4 is 22.9 Å². The van der Waals surface area contributed by atoms with Crippen molar-refractivity contribution in [1.82, 2.24) is 4.57 Å². The van der Waals surface area contributed by atoms with E-state index in [1.54, 1.807) is 43.8 Å². The largest absolute Gasteiger partial charge is 0.493 e. The van der Waals surface area contributed by atoms with Crippen LogP contribution in [0.4, 0.5) is 5.69 Å². The summed E-state index contributed by atoms with van der Waals surface area (Å²) in [7, 11) is 3.15. The molecule has 2 aromatic heterocycles. The maximum Gasteiger partial charge on any atom is 0.226 e. The number of methoxy groups -OCH3 is 2. The molecule has 25 heavy (non-hydrogen) atoms. The number of amides is 1. The van der Waals surface area contributed by atoms with E-state index in [-0.39, 0.29) is 11.9 Å². The molecular weight excluding hydrogens is 336 g/mol. The first-order chi connectivity index (χ1) is 12.2. The third kappa shape index (κ3) is 4.03. The second-order valence-corrected chi connectivity index (χ2v) is 6.46. The number of carbonyl (C=O) groups is 1. The fourth-order valence-electron chi connectivity index (χ4n) is 2.69. The van der Waals surface area contributed by atoms with Gasteiger partial charge in [-0.3, -0.25) is 4.79 Å². The molecule has 0 aliphatic heterocycles. The fraction of sp³-hybridized carbons (Fsp3) is 0.211. The highest BCUT2D eigenvalue weighted by atomic mass is 32.1. The van der Waals surface area contributed by atoms with Gasteiger partial charge >= 0.3 is 0 Å². The average molecular weight is 356 g/mol. The summed E-state index contributed by atoms with van der Waals surface area (Å²) in [6.45, 7) is 0. The second kappa shape index (κ2) is 7.90. The Morgan fingerprint density at radius 3 is 2.52 bits per heavy atom. The van der Waals surface area contributed by atoms with Gasteiger partial charge in [-0.15, -0.1) is 11.3 Å². The molecule has 2 heterocycles. The molecule has 0 unspecified atom stereocenters. The number of aromatic nitrogens is 1. The van der Waals surface area contributed by atoms with E-state index in [4.69, 9.17) is 9.47 Å². The maximum atomic E-state index is 12.6. The monoisotopic (exact) mass is 356 g/mol. The van der Waals surface area contributed by atoms with Crippen LogP contribution in [-0.2, 0) is 4.79 Å². The number of benzene rings is 1. The Kier molecular flexibility index (Phi) is 5.40. The molecule has 5 nitrogen and oxygen atoms in total. The van der Waals surface area contributed by atoms with Gasteiger partial charge in [0.15, 0.2) is 11.5 Å². The van der Waals surface area contributed by atoms with E-state index in [2.05, 4.69) is 16.0 Å². The number of anilines is 1. The highest BCUT2D eigenvalue weighted by Gasteiger charge is 2.18. The number of ether oxygens (including phenoxy) is 2. The first-order valence-electron chi connectivity index (χ1n) is 7.89. The quantitative estimate of drug-likeness (QED) is 0.691. The van der Waals surface area contributed by atoms with Crippen molar-refractivity contribution in [3.63, 3.8) is 0 Å². The molecule has 3 aromatic rings. The summed E-state index contributed by atoms with van der Waals surface area (Å²) < 4.78 is 12.6. The van der Waals surface area contributed by atoms with Gasteiger partial charge < -0.3 is 19.4 Å². The summed E-state index contributed by atoms with van der Waals surface area (Å²) in [6, 6.07) is 13.3. The van der Waals surface area contributed by atoms with Crippen molar-refractivity contribution < 1.29 is 14.3 Å². The summed E-state index contributed by atoms with van der Waals surface area (Å²) in [5.74, 6) is 1.16. The van der Waals surface area contributed by atoms with E-state index < -0.39 is 0 Å². The van der Waals surface area contributed by atoms with Gasteiger partial charge in [-0.25, -0.2) is 0 Å². The van der Waals surface area contributed by atoms with Crippen LogP contribution in [0.1, 0.15) is 17.3 Å². The number of carbonyl (C=O) groups excluding carboxylic acids is 1. The lowest BCUT2D eigenvalue weighted by molar-refractivity contribution is -0.116. The Labute approximate surface area is 150 Å². The molecule has 1 atom stereocenters. The van der Waals surface area contributed by atoms with Gasteiger partial charge in [-0.05, 0) is 35.7 Å². The van der Waals surface area contributed by atoms with E-state index in [0.717, 1.165) is 4.88 Å². The Morgan fingerprint density at radius 2 is 1.88 bits per heavy atom. The molecule has 6 heteroatoms. The Hall–Kier alpha value is -2.73. The first-order valence-corrected chi connectivity index (χ1v) is 8.77. The molecule has 0 aliphatic rings. The van der Waals surface area contributed by atoms with Crippen LogP contribution in [-0.4, -0.2) is 24.7 Å². The Bertz CT molecular complexity index is 779. The zero-order valence-corrected chi connectivity index (χ0v) is 15.0. The Morgan fingerprint density at radius 1 is 1.12 bits per heavy atom. The first kappa shape index (κ1) is 17.1. The molecule has 0 spiro atoms. The minimum atomic E-state index is -0.0562. The number of rotatable bonds is 7. The molecule has 0 radical (unpaired) electrons. The van der Waals surface area contributed by atoms with Crippen molar-refractivity contribution in [3.05, 3.63) is 65.1 Å². The minimum Gasteiger partial charge on any atom is -0.493 e. The van der Waals surface area contributed by atoms with Gasteiger partial charge in [0.2, 0.25) is 5.91 Å². The summed E-state index contributed by atoms with van der Waals surface area (Å²) in [4.78, 5) is 13.7. The number of hydrogen-bond donors (Lipinski definition) is 1. The molecule has 1 N–H and O–H groups in total. The number of thiophene rings is 1. The van der Waals surface area contributed by atoms with Crippen LogP contribution in [0, 0.1) is 0 Å². The van der Waals surface area contributed by atoms with Gasteiger partial charge in [0.25, 0.3) is 0 Å². The molecule has 130 valence electrons. The second-order valence-electron chi connectivity index (χ2n) is 5.48. The predicted molar refractivity (Wildman–Crippen MR) is 99.7 cm³/mol. The molecule has 0 saturated heterocycles. The molecule has 0 fully saturated rings. The summed E-state index contributed by atoms with van der Waals surface area (Å²) in [6.07, 6.45) is 4.31. The topological polar surface area (TPSA) is 52.5 Å². The zero-order valence-electron chi connectivity index (χ0n) is 14.1. The smallest absolute Gasteiger partial charge is 0.226 e. The van der Waals surface area contributed by atoms with Crippen molar-refractivity contribution in [2.75, 3.05) is 19.5 Å². The molecule has 1 amide bonds. The number of nitrogens with one attached hydrogen (secondary N) is 1. The standard InChI is InChI=1S/C19H20N2O3S/c1-23-16-8-7-14(12-17(16)24-2)20-19(22)13-15(18-6-5-11-25-18)21-9-3-4-10-21/h3-12,15H,13H2,1-2H3,(H,20,22)/t15-/m0/s1. The third-order valence-corrected chi connectivity index (χ3v) is 4.88. The van der Waals surface area contributed by atoms with Gasteiger partial charge in [0.1, 0.15) is 0 Å². The molecule has 0 aliphatic carbocycles. The van der Waals surface area contributed by atoms with E-state index in [1.165, 1.54) is 0 Å². The van der Waals surface area contributed by atoms with Gasteiger partial charge in [-0.2, -0.15) is 0 Å². The Balaban J connectivity index is 1.74. The van der Waals surface area contributed by atoms with Crippen LogP contribution < -0.4 is 14.8 Å². The highest BCUT2D eigenvalue weighted by molar-refractivity contribution is 7.10. The van der Waals surface area contributed by atoms with E-state index in [1.807, 2.05) is 36.0 Å². The van der Waals surface area contributed by atoms with Crippen LogP contribution >= 0.6 is 11.3 Å². The maximum absolute atomic E-state index is 12.6. The van der Waals surface area contributed by atoms with Crippen LogP contribution in [0.25, 0.3) is 0 Å². The average Bonchev–Trinajstić information content (AvgIpc) is 3.33. The van der Waals surface area contributed by atoms with Crippen LogP contribution in [0.2, 0.25) is 0 Å². The van der Waals surface area contributed by atoms with Crippen LogP contribution in [0.3, 0.4) is 0 Å². The molecule has 3 rings (SSSR count). The van der Waals surface area contributed by atoms with Crippen molar-refractivity contribution in [3.8, 4) is 11.5 Å². The van der Waals surface area contributed by atoms with Crippen molar-refractivity contribution in [2.45, 2.75) is 12.5 Å². The molecule has 0 bridgehead atoms. The van der Waals surface area contributed by atoms with Gasteiger partial charge in [-0.1, -0.05) is 6.07 Å². The summed E-state index contributed by atoms with van der Waals surface area (Å²) in [5, 5.41) is 4.96. The van der Waals surface area contributed by atoms with Crippen LogP contribution in [0.15, 0.2) is 60.2 Å². The lowest BCUT2D eigenvalue weighted by Crippen LogP contribution is -2.19. The molecule has 0 saturated carbocycles. The van der Waals surface area contributed by atoms with Crippen molar-refractivity contribution in [2.24, 2.45) is 0 Å². The number of nitrogens with zero attached hydrogens (tertiary/aromatic N) is 1. The molecular formula is C19H20N2O3S. The lowest BCUT2D eigenvalue weighted by Gasteiger charge is -2.18. The summed E-state index contributed by atoms with van der Waals surface area (Å²) >= 11 is 1.65. The predicted octanol–water partition coefficient (Wildman–Crippen LogP) is 4.19. The van der Waals surface area contributed by atoms with Crippen molar-refractivity contribution in [1.29, 1.82) is 0 Å². The van der Waals surface area contributed by atoms with Gasteiger partial charge in [0.05, 0.1) is 26.7 Å². The van der Waals surface area contributed by atoms with E-state index in [9.17, 15) is 4.79 Å². The highest BCUT2D eigenvalue weighted by Crippen LogP contribution is 2.31. The van der Waals surface area contributed by atoms with Gasteiger partial charge in [0, 0.05) is 29.0 Å². The third-order valence-electron chi connectivity index (χ3n) is 3.91. The van der Waals surface area contributed by atoms with Crippen LogP contribution in [0.5, 0.6) is 11.5 Å². The number of hydrogen-bond acceptors (Lipinski definition) is 4. The SMILES string of the molecule is COc1ccc(NC(=O)C[C@@H](c2cccs2)n2cccc2)cc1OC. The molecule has 1 aromatic carbocycles. The zero-order chi connectivity index (χ0) is 17.6. The fourth-order valence-corrected chi connectivity index (χ4v) is 3.52. The minimum absolute atomic E-state index is 0.0184. The normalized spacial score (nSPS) is 11.8. The van der Waals surface area contributed by atoms with E-state index in [0.29, 0.717) is 23.6 Å². The van der Waals surface area contributed by atoms with E-state index >= 15 is 0 Å². The summed E-state index contributed by atoms with van der Waals surface area (Å²) in [5.41, 5.74) is 0.681. The lowest BCUT2D eigenvalue weighted by atomic mass is 10.1.